The van der Waals surface area contributed by atoms with Crippen LogP contribution in [0.1, 0.15) is 25.0 Å². The summed E-state index contributed by atoms with van der Waals surface area (Å²) in [4.78, 5) is 15.0. The average molecular weight is 199 g/mol. The molecule has 1 rings (SSSR count). The molecule has 2 N–H and O–H groups in total. The first-order chi connectivity index (χ1) is 6.16. The number of carbonyl (C=O) groups excluding carboxylic acids is 1. The summed E-state index contributed by atoms with van der Waals surface area (Å²) in [5, 5.41) is 0.494. The van der Waals surface area contributed by atoms with E-state index in [1.165, 1.54) is 0 Å². The van der Waals surface area contributed by atoms with E-state index in [0.29, 0.717) is 17.1 Å². The maximum absolute atomic E-state index is 11.0. The number of amides is 1. The van der Waals surface area contributed by atoms with Crippen LogP contribution in [0.5, 0.6) is 0 Å². The van der Waals surface area contributed by atoms with E-state index >= 15 is 0 Å². The highest BCUT2D eigenvalue weighted by molar-refractivity contribution is 6.31. The molecule has 70 valence electrons. The third-order valence-corrected chi connectivity index (χ3v) is 2.19. The van der Waals surface area contributed by atoms with Crippen LogP contribution in [0.2, 0.25) is 5.02 Å². The van der Waals surface area contributed by atoms with Gasteiger partial charge in [-0.05, 0) is 18.6 Å². The van der Waals surface area contributed by atoms with E-state index in [-0.39, 0.29) is 11.8 Å². The lowest BCUT2D eigenvalue weighted by molar-refractivity contribution is -0.119. The molecule has 0 saturated heterocycles. The fourth-order valence-electron chi connectivity index (χ4n) is 1.18. The van der Waals surface area contributed by atoms with Gasteiger partial charge in [0, 0.05) is 6.20 Å². The van der Waals surface area contributed by atoms with E-state index in [1.807, 2.05) is 6.92 Å². The van der Waals surface area contributed by atoms with E-state index in [4.69, 9.17) is 17.3 Å². The summed E-state index contributed by atoms with van der Waals surface area (Å²) in [5.41, 5.74) is 5.78. The predicted octanol–water partition coefficient (Wildman–Crippen LogP) is 1.71. The van der Waals surface area contributed by atoms with E-state index in [0.717, 1.165) is 0 Å². The fourth-order valence-corrected chi connectivity index (χ4v) is 1.44. The van der Waals surface area contributed by atoms with E-state index in [1.54, 1.807) is 18.3 Å². The molecule has 3 nitrogen and oxygen atoms in total. The van der Waals surface area contributed by atoms with Crippen molar-refractivity contribution >= 4 is 17.5 Å². The van der Waals surface area contributed by atoms with E-state index < -0.39 is 0 Å². The average Bonchev–Trinajstić information content (AvgIpc) is 2.09. The first kappa shape index (κ1) is 9.99. The zero-order valence-electron chi connectivity index (χ0n) is 7.33. The molecule has 0 aliphatic rings. The van der Waals surface area contributed by atoms with Gasteiger partial charge in [-0.15, -0.1) is 0 Å². The summed E-state index contributed by atoms with van der Waals surface area (Å²) in [6, 6.07) is 3.43. The molecule has 0 bridgehead atoms. The van der Waals surface area contributed by atoms with Gasteiger partial charge in [0.15, 0.2) is 0 Å². The van der Waals surface area contributed by atoms with Crippen LogP contribution in [0.4, 0.5) is 0 Å². The maximum Gasteiger partial charge on any atom is 0.226 e. The van der Waals surface area contributed by atoms with E-state index in [9.17, 15) is 4.79 Å². The van der Waals surface area contributed by atoms with Crippen LogP contribution in [0.3, 0.4) is 0 Å². The quantitative estimate of drug-likeness (QED) is 0.804. The van der Waals surface area contributed by atoms with Gasteiger partial charge in [0.05, 0.1) is 16.6 Å². The minimum absolute atomic E-state index is 0.381. The molecule has 0 aliphatic heterocycles. The van der Waals surface area contributed by atoms with Crippen LogP contribution < -0.4 is 5.73 Å². The number of hydrogen-bond donors (Lipinski definition) is 1. The maximum atomic E-state index is 11.0. The smallest absolute Gasteiger partial charge is 0.226 e. The summed E-state index contributed by atoms with van der Waals surface area (Å²) in [6.45, 7) is 1.88. The Morgan fingerprint density at radius 1 is 1.77 bits per heavy atom. The Balaban J connectivity index is 3.04. The number of nitrogens with two attached hydrogens (primary N) is 1. The van der Waals surface area contributed by atoms with E-state index in [2.05, 4.69) is 4.98 Å². The molecule has 0 spiro atoms. The molecule has 0 radical (unpaired) electrons. The standard InChI is InChI=1S/C9H11ClN2O/c1-2-6(9(11)13)8-7(10)4-3-5-12-8/h3-6H,2H2,1H3,(H2,11,13). The van der Waals surface area contributed by atoms with Crippen molar-refractivity contribution in [2.24, 2.45) is 5.73 Å². The second kappa shape index (κ2) is 4.23. The van der Waals surface area contributed by atoms with Crippen molar-refractivity contribution in [2.75, 3.05) is 0 Å². The number of aromatic nitrogens is 1. The van der Waals surface area contributed by atoms with Gasteiger partial charge < -0.3 is 5.73 Å². The molecule has 1 heterocycles. The fraction of sp³-hybridized carbons (Fsp3) is 0.333. The molecule has 0 aromatic carbocycles. The SMILES string of the molecule is CCC(C(N)=O)c1ncccc1Cl. The molecule has 1 unspecified atom stereocenters. The zero-order chi connectivity index (χ0) is 9.84. The summed E-state index contributed by atoms with van der Waals surface area (Å²) in [5.74, 6) is -0.767. The molecule has 13 heavy (non-hydrogen) atoms. The van der Waals surface area contributed by atoms with Gasteiger partial charge in [-0.1, -0.05) is 18.5 Å². The molecule has 0 saturated carbocycles. The van der Waals surface area contributed by atoms with Crippen LogP contribution in [0.15, 0.2) is 18.3 Å². The third kappa shape index (κ3) is 2.18. The van der Waals surface area contributed by atoms with Crippen molar-refractivity contribution in [3.05, 3.63) is 29.0 Å². The largest absolute Gasteiger partial charge is 0.369 e. The Hall–Kier alpha value is -1.09. The van der Waals surface area contributed by atoms with Crippen LogP contribution in [-0.2, 0) is 4.79 Å². The van der Waals surface area contributed by atoms with Gasteiger partial charge in [-0.3, -0.25) is 9.78 Å². The van der Waals surface area contributed by atoms with Gasteiger partial charge >= 0.3 is 0 Å². The predicted molar refractivity (Wildman–Crippen MR) is 51.5 cm³/mol. The van der Waals surface area contributed by atoms with Crippen molar-refractivity contribution in [3.8, 4) is 0 Å². The Labute approximate surface area is 81.9 Å². The number of carbonyl (C=O) groups is 1. The molecule has 1 aromatic heterocycles. The minimum Gasteiger partial charge on any atom is -0.369 e. The molecule has 0 aliphatic carbocycles. The van der Waals surface area contributed by atoms with Crippen molar-refractivity contribution < 1.29 is 4.79 Å². The lowest BCUT2D eigenvalue weighted by atomic mass is 10.0. The summed E-state index contributed by atoms with van der Waals surface area (Å²) in [7, 11) is 0. The normalized spacial score (nSPS) is 12.5. The van der Waals surface area contributed by atoms with Gasteiger partial charge in [-0.2, -0.15) is 0 Å². The number of primary amides is 1. The van der Waals surface area contributed by atoms with Crippen LogP contribution >= 0.6 is 11.6 Å². The van der Waals surface area contributed by atoms with Crippen molar-refractivity contribution in [2.45, 2.75) is 19.3 Å². The Bertz CT molecular complexity index is 314. The Morgan fingerprint density at radius 3 is 2.92 bits per heavy atom. The Morgan fingerprint density at radius 2 is 2.46 bits per heavy atom. The molecule has 4 heteroatoms. The highest BCUT2D eigenvalue weighted by Gasteiger charge is 2.19. The summed E-state index contributed by atoms with van der Waals surface area (Å²) < 4.78 is 0. The molecule has 1 atom stereocenters. The lowest BCUT2D eigenvalue weighted by Crippen LogP contribution is -2.21. The molecular weight excluding hydrogens is 188 g/mol. The van der Waals surface area contributed by atoms with Crippen LogP contribution in [0.25, 0.3) is 0 Å². The first-order valence-corrected chi connectivity index (χ1v) is 4.44. The highest BCUT2D eigenvalue weighted by atomic mass is 35.5. The molecular formula is C9H11ClN2O. The number of rotatable bonds is 3. The summed E-state index contributed by atoms with van der Waals surface area (Å²) in [6.07, 6.45) is 2.22. The second-order valence-electron chi connectivity index (χ2n) is 2.73. The molecule has 0 fully saturated rings. The number of nitrogens with zero attached hydrogens (tertiary/aromatic N) is 1. The van der Waals surface area contributed by atoms with Crippen molar-refractivity contribution in [1.29, 1.82) is 0 Å². The van der Waals surface area contributed by atoms with Gasteiger partial charge in [0.2, 0.25) is 5.91 Å². The second-order valence-corrected chi connectivity index (χ2v) is 3.14. The Kier molecular flexibility index (Phi) is 3.25. The third-order valence-electron chi connectivity index (χ3n) is 1.87. The summed E-state index contributed by atoms with van der Waals surface area (Å²) >= 11 is 5.87. The number of halogens is 1. The van der Waals surface area contributed by atoms with Crippen molar-refractivity contribution in [3.63, 3.8) is 0 Å². The first-order valence-electron chi connectivity index (χ1n) is 4.06. The minimum atomic E-state index is -0.386. The van der Waals surface area contributed by atoms with Gasteiger partial charge in [0.25, 0.3) is 0 Å². The van der Waals surface area contributed by atoms with Gasteiger partial charge in [0.1, 0.15) is 0 Å². The van der Waals surface area contributed by atoms with Crippen molar-refractivity contribution in [1.82, 2.24) is 4.98 Å². The van der Waals surface area contributed by atoms with Crippen LogP contribution in [0, 0.1) is 0 Å². The molecule has 1 aromatic rings. The highest BCUT2D eigenvalue weighted by Crippen LogP contribution is 2.23. The van der Waals surface area contributed by atoms with Crippen LogP contribution in [-0.4, -0.2) is 10.9 Å². The zero-order valence-corrected chi connectivity index (χ0v) is 8.08. The van der Waals surface area contributed by atoms with Gasteiger partial charge in [-0.25, -0.2) is 0 Å². The topological polar surface area (TPSA) is 56.0 Å². The number of pyridine rings is 1. The lowest BCUT2D eigenvalue weighted by Gasteiger charge is -2.10. The monoisotopic (exact) mass is 198 g/mol. The molecule has 1 amide bonds. The number of hydrogen-bond acceptors (Lipinski definition) is 2.